The van der Waals surface area contributed by atoms with Gasteiger partial charge in [0.15, 0.2) is 0 Å². The molecule has 1 N–H and O–H groups in total. The van der Waals surface area contributed by atoms with Crippen LogP contribution in [-0.2, 0) is 11.2 Å². The number of carboxylic acids is 1. The highest BCUT2D eigenvalue weighted by Crippen LogP contribution is 2.15. The predicted molar refractivity (Wildman–Crippen MR) is 56.1 cm³/mol. The molecule has 1 heterocycles. The number of methoxy groups -OCH3 is 1. The van der Waals surface area contributed by atoms with Gasteiger partial charge in [-0.05, 0) is 30.9 Å². The van der Waals surface area contributed by atoms with Crippen LogP contribution in [0.5, 0.6) is 5.88 Å². The highest BCUT2D eigenvalue weighted by atomic mass is 16.5. The van der Waals surface area contributed by atoms with Crippen molar-refractivity contribution in [1.29, 1.82) is 0 Å². The topological polar surface area (TPSA) is 59.4 Å². The molecule has 0 bridgehead atoms. The third-order valence-corrected chi connectivity index (χ3v) is 2.24. The Hall–Kier alpha value is -1.58. The van der Waals surface area contributed by atoms with Crippen molar-refractivity contribution >= 4 is 5.97 Å². The Kier molecular flexibility index (Phi) is 4.09. The minimum atomic E-state index is -0.755. The second kappa shape index (κ2) is 5.34. The van der Waals surface area contributed by atoms with E-state index in [4.69, 9.17) is 9.84 Å². The summed E-state index contributed by atoms with van der Waals surface area (Å²) in [5, 5.41) is 8.51. The summed E-state index contributed by atoms with van der Waals surface area (Å²) < 4.78 is 4.99. The van der Waals surface area contributed by atoms with Crippen LogP contribution in [0.2, 0.25) is 0 Å². The molecule has 1 aromatic heterocycles. The van der Waals surface area contributed by atoms with Crippen molar-refractivity contribution in [1.82, 2.24) is 4.98 Å². The Labute approximate surface area is 88.9 Å². The van der Waals surface area contributed by atoms with Crippen molar-refractivity contribution in [2.45, 2.75) is 26.2 Å². The van der Waals surface area contributed by atoms with Gasteiger partial charge in [-0.25, -0.2) is 4.98 Å². The first-order valence-electron chi connectivity index (χ1n) is 4.85. The van der Waals surface area contributed by atoms with Gasteiger partial charge in [0.05, 0.1) is 7.11 Å². The summed E-state index contributed by atoms with van der Waals surface area (Å²) in [6.07, 6.45) is 3.33. The van der Waals surface area contributed by atoms with Gasteiger partial charge in [0.1, 0.15) is 0 Å². The number of rotatable bonds is 5. The summed E-state index contributed by atoms with van der Waals surface area (Å²) in [6.45, 7) is 1.97. The largest absolute Gasteiger partial charge is 0.481 e. The van der Waals surface area contributed by atoms with Crippen molar-refractivity contribution < 1.29 is 14.6 Å². The maximum absolute atomic E-state index is 10.3. The van der Waals surface area contributed by atoms with Gasteiger partial charge in [-0.15, -0.1) is 0 Å². The normalized spacial score (nSPS) is 10.0. The van der Waals surface area contributed by atoms with E-state index in [1.807, 2.05) is 13.0 Å². The van der Waals surface area contributed by atoms with Gasteiger partial charge < -0.3 is 9.84 Å². The Balaban J connectivity index is 2.58. The number of hydrogen-bond acceptors (Lipinski definition) is 3. The van der Waals surface area contributed by atoms with E-state index in [0.29, 0.717) is 12.3 Å². The third kappa shape index (κ3) is 3.58. The lowest BCUT2D eigenvalue weighted by atomic mass is 10.1. The first-order chi connectivity index (χ1) is 7.13. The van der Waals surface area contributed by atoms with Crippen LogP contribution in [0.25, 0.3) is 0 Å². The zero-order valence-electron chi connectivity index (χ0n) is 8.99. The minimum Gasteiger partial charge on any atom is -0.481 e. The molecule has 15 heavy (non-hydrogen) atoms. The van der Waals surface area contributed by atoms with E-state index in [1.54, 1.807) is 13.3 Å². The molecular weight excluding hydrogens is 194 g/mol. The molecule has 0 atom stereocenters. The fourth-order valence-corrected chi connectivity index (χ4v) is 1.36. The van der Waals surface area contributed by atoms with E-state index in [1.165, 1.54) is 0 Å². The lowest BCUT2D eigenvalue weighted by Gasteiger charge is -2.06. The summed E-state index contributed by atoms with van der Waals surface area (Å²) in [7, 11) is 1.58. The molecule has 0 radical (unpaired) electrons. The third-order valence-electron chi connectivity index (χ3n) is 2.24. The molecule has 0 aromatic carbocycles. The van der Waals surface area contributed by atoms with Crippen molar-refractivity contribution in [2.24, 2.45) is 0 Å². The molecule has 0 saturated heterocycles. The Morgan fingerprint density at radius 3 is 2.87 bits per heavy atom. The first-order valence-corrected chi connectivity index (χ1v) is 4.85. The van der Waals surface area contributed by atoms with Crippen molar-refractivity contribution in [3.8, 4) is 5.88 Å². The van der Waals surface area contributed by atoms with Crippen LogP contribution in [0.3, 0.4) is 0 Å². The molecule has 0 aliphatic heterocycles. The molecule has 0 aliphatic carbocycles. The summed E-state index contributed by atoms with van der Waals surface area (Å²) in [6, 6.07) is 1.86. The molecule has 1 aromatic rings. The summed E-state index contributed by atoms with van der Waals surface area (Å²) >= 11 is 0. The molecule has 0 unspecified atom stereocenters. The molecule has 4 heteroatoms. The summed E-state index contributed by atoms with van der Waals surface area (Å²) in [4.78, 5) is 14.4. The first kappa shape index (κ1) is 11.5. The van der Waals surface area contributed by atoms with Crippen LogP contribution in [0.1, 0.15) is 24.0 Å². The lowest BCUT2D eigenvalue weighted by Crippen LogP contribution is -1.98. The molecule has 4 nitrogen and oxygen atoms in total. The number of carboxylic acid groups (broad SMARTS) is 1. The van der Waals surface area contributed by atoms with E-state index in [-0.39, 0.29) is 6.42 Å². The van der Waals surface area contributed by atoms with Gasteiger partial charge in [0.25, 0.3) is 0 Å². The summed E-state index contributed by atoms with van der Waals surface area (Å²) in [5.41, 5.74) is 2.17. The second-order valence-corrected chi connectivity index (χ2v) is 3.40. The van der Waals surface area contributed by atoms with E-state index < -0.39 is 5.97 Å². The Bertz CT molecular complexity index is 350. The molecule has 82 valence electrons. The van der Waals surface area contributed by atoms with Gasteiger partial charge in [0.2, 0.25) is 5.88 Å². The van der Waals surface area contributed by atoms with Gasteiger partial charge in [0, 0.05) is 18.7 Å². The smallest absolute Gasteiger partial charge is 0.303 e. The Morgan fingerprint density at radius 1 is 1.60 bits per heavy atom. The molecule has 0 aliphatic rings. The van der Waals surface area contributed by atoms with E-state index >= 15 is 0 Å². The van der Waals surface area contributed by atoms with Crippen LogP contribution in [0.15, 0.2) is 12.3 Å². The number of aromatic nitrogens is 1. The number of pyridine rings is 1. The van der Waals surface area contributed by atoms with Crippen LogP contribution in [-0.4, -0.2) is 23.2 Å². The quantitative estimate of drug-likeness (QED) is 0.803. The van der Waals surface area contributed by atoms with Crippen molar-refractivity contribution in [3.63, 3.8) is 0 Å². The monoisotopic (exact) mass is 209 g/mol. The molecule has 0 saturated carbocycles. The van der Waals surface area contributed by atoms with Crippen LogP contribution in [0, 0.1) is 6.92 Å². The number of aryl methyl sites for hydroxylation is 2. The van der Waals surface area contributed by atoms with Crippen LogP contribution < -0.4 is 4.74 Å². The van der Waals surface area contributed by atoms with Gasteiger partial charge >= 0.3 is 5.97 Å². The summed E-state index contributed by atoms with van der Waals surface area (Å²) in [5.74, 6) is -0.163. The molecule has 0 spiro atoms. The Morgan fingerprint density at radius 2 is 2.33 bits per heavy atom. The van der Waals surface area contributed by atoms with E-state index in [0.717, 1.165) is 17.5 Å². The standard InChI is InChI=1S/C11H15NO3/c1-8-6-10(15-2)12-7-9(8)4-3-5-11(13)14/h6-7H,3-5H2,1-2H3,(H,13,14). The van der Waals surface area contributed by atoms with Gasteiger partial charge in [-0.1, -0.05) is 0 Å². The number of aliphatic carboxylic acids is 1. The minimum absolute atomic E-state index is 0.200. The molecule has 0 fully saturated rings. The highest BCUT2D eigenvalue weighted by Gasteiger charge is 2.03. The average Bonchev–Trinajstić information content (AvgIpc) is 2.20. The van der Waals surface area contributed by atoms with Crippen molar-refractivity contribution in [2.75, 3.05) is 7.11 Å². The second-order valence-electron chi connectivity index (χ2n) is 3.40. The van der Waals surface area contributed by atoms with E-state index in [9.17, 15) is 4.79 Å². The lowest BCUT2D eigenvalue weighted by molar-refractivity contribution is -0.137. The van der Waals surface area contributed by atoms with Crippen LogP contribution in [0.4, 0.5) is 0 Å². The van der Waals surface area contributed by atoms with Gasteiger partial charge in [-0.3, -0.25) is 4.79 Å². The maximum Gasteiger partial charge on any atom is 0.303 e. The fraction of sp³-hybridized carbons (Fsp3) is 0.455. The predicted octanol–water partition coefficient (Wildman–Crippen LogP) is 1.81. The molecule has 0 amide bonds. The maximum atomic E-state index is 10.3. The number of carbonyl (C=O) groups is 1. The number of hydrogen-bond donors (Lipinski definition) is 1. The van der Waals surface area contributed by atoms with Crippen molar-refractivity contribution in [3.05, 3.63) is 23.4 Å². The highest BCUT2D eigenvalue weighted by molar-refractivity contribution is 5.66. The zero-order chi connectivity index (χ0) is 11.3. The zero-order valence-corrected chi connectivity index (χ0v) is 8.99. The average molecular weight is 209 g/mol. The van der Waals surface area contributed by atoms with Gasteiger partial charge in [-0.2, -0.15) is 0 Å². The fourth-order valence-electron chi connectivity index (χ4n) is 1.36. The van der Waals surface area contributed by atoms with Crippen LogP contribution >= 0.6 is 0 Å². The number of ether oxygens (including phenoxy) is 1. The SMILES string of the molecule is COc1cc(C)c(CCCC(=O)O)cn1. The molecule has 1 rings (SSSR count). The van der Waals surface area contributed by atoms with E-state index in [2.05, 4.69) is 4.98 Å². The number of nitrogens with zero attached hydrogens (tertiary/aromatic N) is 1. The molecular formula is C11H15NO3.